The van der Waals surface area contributed by atoms with Gasteiger partial charge in [0.1, 0.15) is 5.75 Å². The molecule has 0 fully saturated rings. The first kappa shape index (κ1) is 17.4. The molecule has 3 aromatic rings. The molecule has 0 aliphatic rings. The first-order valence-corrected chi connectivity index (χ1v) is 8.35. The maximum Gasteiger partial charge on any atom is 0.343 e. The van der Waals surface area contributed by atoms with Crippen LogP contribution in [0.25, 0.3) is 0 Å². The Morgan fingerprint density at radius 2 is 1.65 bits per heavy atom. The largest absolute Gasteiger partial charge is 0.423 e. The number of nitrogens with zero attached hydrogens (tertiary/aromatic N) is 1. The highest BCUT2D eigenvalue weighted by molar-refractivity contribution is 5.91. The van der Waals surface area contributed by atoms with Crippen LogP contribution in [0.5, 0.6) is 5.75 Å². The van der Waals surface area contributed by atoms with E-state index in [1.54, 1.807) is 42.6 Å². The Hall–Kier alpha value is -3.40. The molecule has 3 rings (SSSR count). The third-order valence-electron chi connectivity index (χ3n) is 4.01. The van der Waals surface area contributed by atoms with Crippen LogP contribution >= 0.6 is 0 Å². The highest BCUT2D eigenvalue weighted by atomic mass is 16.5. The first-order valence-electron chi connectivity index (χ1n) is 8.35. The number of anilines is 1. The molecule has 0 saturated carbocycles. The van der Waals surface area contributed by atoms with E-state index in [2.05, 4.69) is 36.5 Å². The minimum Gasteiger partial charge on any atom is -0.423 e. The lowest BCUT2D eigenvalue weighted by molar-refractivity contribution is 0.0735. The standard InChI is InChI=1S/C22H20N2O2/c1-16-8-11-20(14-17(16)2)24-23-15-18-9-12-21(13-10-18)26-22(25)19-6-4-3-5-7-19/h3-15,24H,1-2H3/b23-15+. The molecular weight excluding hydrogens is 324 g/mol. The molecule has 1 N–H and O–H groups in total. The molecule has 0 bridgehead atoms. The summed E-state index contributed by atoms with van der Waals surface area (Å²) < 4.78 is 5.35. The number of hydrogen-bond donors (Lipinski definition) is 1. The van der Waals surface area contributed by atoms with Gasteiger partial charge in [-0.1, -0.05) is 24.3 Å². The van der Waals surface area contributed by atoms with Crippen molar-refractivity contribution in [3.63, 3.8) is 0 Å². The van der Waals surface area contributed by atoms with Crippen molar-refractivity contribution in [1.82, 2.24) is 0 Å². The van der Waals surface area contributed by atoms with E-state index in [1.165, 1.54) is 11.1 Å². The van der Waals surface area contributed by atoms with Gasteiger partial charge >= 0.3 is 5.97 Å². The van der Waals surface area contributed by atoms with Crippen LogP contribution in [0.4, 0.5) is 5.69 Å². The summed E-state index contributed by atoms with van der Waals surface area (Å²) in [4.78, 5) is 12.0. The van der Waals surface area contributed by atoms with Gasteiger partial charge in [0.2, 0.25) is 0 Å². The Kier molecular flexibility index (Phi) is 5.44. The summed E-state index contributed by atoms with van der Waals surface area (Å²) in [6.07, 6.45) is 1.72. The third-order valence-corrected chi connectivity index (χ3v) is 4.01. The van der Waals surface area contributed by atoms with E-state index in [9.17, 15) is 4.79 Å². The molecule has 0 aliphatic carbocycles. The number of benzene rings is 3. The Balaban J connectivity index is 1.58. The van der Waals surface area contributed by atoms with Gasteiger partial charge in [0.05, 0.1) is 17.5 Å². The maximum absolute atomic E-state index is 12.0. The van der Waals surface area contributed by atoms with E-state index in [0.29, 0.717) is 11.3 Å². The SMILES string of the molecule is Cc1ccc(N/N=C/c2ccc(OC(=O)c3ccccc3)cc2)cc1C. The Bertz CT molecular complexity index is 917. The fourth-order valence-electron chi connectivity index (χ4n) is 2.35. The lowest BCUT2D eigenvalue weighted by atomic mass is 10.1. The number of carbonyl (C=O) groups is 1. The van der Waals surface area contributed by atoms with Crippen molar-refractivity contribution >= 4 is 17.9 Å². The van der Waals surface area contributed by atoms with E-state index in [-0.39, 0.29) is 5.97 Å². The van der Waals surface area contributed by atoms with Crippen molar-refractivity contribution in [3.05, 3.63) is 95.1 Å². The molecular formula is C22H20N2O2. The average molecular weight is 344 g/mol. The topological polar surface area (TPSA) is 50.7 Å². The van der Waals surface area contributed by atoms with Gasteiger partial charge in [-0.15, -0.1) is 0 Å². The molecule has 0 atom stereocenters. The summed E-state index contributed by atoms with van der Waals surface area (Å²) in [5.74, 6) is 0.126. The minimum absolute atomic E-state index is 0.372. The van der Waals surface area contributed by atoms with Gasteiger partial charge in [-0.3, -0.25) is 5.43 Å². The number of ether oxygens (including phenoxy) is 1. The predicted molar refractivity (Wildman–Crippen MR) is 105 cm³/mol. The lowest BCUT2D eigenvalue weighted by Gasteiger charge is -2.05. The number of carbonyl (C=O) groups excluding carboxylic acids is 1. The quantitative estimate of drug-likeness (QED) is 0.308. The monoisotopic (exact) mass is 344 g/mol. The number of aryl methyl sites for hydroxylation is 2. The van der Waals surface area contributed by atoms with Gasteiger partial charge in [-0.2, -0.15) is 5.10 Å². The van der Waals surface area contributed by atoms with Crippen LogP contribution in [-0.2, 0) is 0 Å². The second-order valence-electron chi connectivity index (χ2n) is 5.99. The van der Waals surface area contributed by atoms with Crippen LogP contribution in [0.1, 0.15) is 27.0 Å². The molecule has 0 heterocycles. The van der Waals surface area contributed by atoms with Gasteiger partial charge < -0.3 is 4.74 Å². The second kappa shape index (κ2) is 8.12. The molecule has 4 heteroatoms. The summed E-state index contributed by atoms with van der Waals surface area (Å²) in [7, 11) is 0. The van der Waals surface area contributed by atoms with Crippen LogP contribution < -0.4 is 10.2 Å². The van der Waals surface area contributed by atoms with E-state index in [4.69, 9.17) is 4.74 Å². The smallest absolute Gasteiger partial charge is 0.343 e. The fraction of sp³-hybridized carbons (Fsp3) is 0.0909. The normalized spacial score (nSPS) is 10.7. The van der Waals surface area contributed by atoms with Crippen molar-refractivity contribution in [2.75, 3.05) is 5.43 Å². The van der Waals surface area contributed by atoms with Gasteiger partial charge in [-0.25, -0.2) is 4.79 Å². The minimum atomic E-state index is -0.372. The number of esters is 1. The van der Waals surface area contributed by atoms with Crippen molar-refractivity contribution < 1.29 is 9.53 Å². The molecule has 0 aromatic heterocycles. The predicted octanol–water partition coefficient (Wildman–Crippen LogP) is 4.97. The van der Waals surface area contributed by atoms with Crippen LogP contribution in [-0.4, -0.2) is 12.2 Å². The zero-order chi connectivity index (χ0) is 18.4. The highest BCUT2D eigenvalue weighted by Gasteiger charge is 2.07. The molecule has 0 aliphatic heterocycles. The molecule has 26 heavy (non-hydrogen) atoms. The lowest BCUT2D eigenvalue weighted by Crippen LogP contribution is -2.08. The number of hydrazone groups is 1. The van der Waals surface area contributed by atoms with Crippen LogP contribution in [0.15, 0.2) is 77.9 Å². The van der Waals surface area contributed by atoms with Gasteiger partial charge in [0, 0.05) is 0 Å². The van der Waals surface area contributed by atoms with E-state index in [1.807, 2.05) is 24.3 Å². The summed E-state index contributed by atoms with van der Waals surface area (Å²) in [6, 6.07) is 22.2. The highest BCUT2D eigenvalue weighted by Crippen LogP contribution is 2.15. The van der Waals surface area contributed by atoms with Crippen molar-refractivity contribution in [2.24, 2.45) is 5.10 Å². The van der Waals surface area contributed by atoms with Crippen LogP contribution in [0, 0.1) is 13.8 Å². The van der Waals surface area contributed by atoms with Crippen LogP contribution in [0.3, 0.4) is 0 Å². The molecule has 130 valence electrons. The summed E-state index contributed by atoms with van der Waals surface area (Å²) >= 11 is 0. The zero-order valence-electron chi connectivity index (χ0n) is 14.8. The van der Waals surface area contributed by atoms with Crippen LogP contribution in [0.2, 0.25) is 0 Å². The number of nitrogens with one attached hydrogen (secondary N) is 1. The first-order chi connectivity index (χ1) is 12.6. The van der Waals surface area contributed by atoms with E-state index < -0.39 is 0 Å². The zero-order valence-corrected chi connectivity index (χ0v) is 14.8. The second-order valence-corrected chi connectivity index (χ2v) is 5.99. The molecule has 0 spiro atoms. The Morgan fingerprint density at radius 1 is 0.923 bits per heavy atom. The molecule has 0 saturated heterocycles. The summed E-state index contributed by atoms with van der Waals surface area (Å²) in [5, 5.41) is 4.24. The van der Waals surface area contributed by atoms with Gasteiger partial charge in [0.15, 0.2) is 0 Å². The number of hydrogen-bond acceptors (Lipinski definition) is 4. The Labute approximate surface area is 153 Å². The molecule has 4 nitrogen and oxygen atoms in total. The molecule has 0 unspecified atom stereocenters. The van der Waals surface area contributed by atoms with E-state index >= 15 is 0 Å². The van der Waals surface area contributed by atoms with Crippen molar-refractivity contribution in [3.8, 4) is 5.75 Å². The van der Waals surface area contributed by atoms with E-state index in [0.717, 1.165) is 11.3 Å². The summed E-state index contributed by atoms with van der Waals surface area (Å²) in [6.45, 7) is 4.15. The molecule has 0 radical (unpaired) electrons. The molecule has 0 amide bonds. The fourth-order valence-corrected chi connectivity index (χ4v) is 2.35. The van der Waals surface area contributed by atoms with Gasteiger partial charge in [-0.05, 0) is 79.1 Å². The maximum atomic E-state index is 12.0. The summed E-state index contributed by atoms with van der Waals surface area (Å²) in [5.41, 5.74) is 7.85. The Morgan fingerprint density at radius 3 is 2.35 bits per heavy atom. The van der Waals surface area contributed by atoms with Crippen molar-refractivity contribution in [1.29, 1.82) is 0 Å². The van der Waals surface area contributed by atoms with Crippen molar-refractivity contribution in [2.45, 2.75) is 13.8 Å². The third kappa shape index (κ3) is 4.57. The van der Waals surface area contributed by atoms with Gasteiger partial charge in [0.25, 0.3) is 0 Å². The molecule has 3 aromatic carbocycles. The number of rotatable bonds is 5. The average Bonchev–Trinajstić information content (AvgIpc) is 2.67.